The number of hydrogen-bond acceptors (Lipinski definition) is 1. The molecule has 158 valence electrons. The molecule has 1 heterocycles. The highest BCUT2D eigenvalue weighted by molar-refractivity contribution is 7.96. The van der Waals surface area contributed by atoms with Crippen LogP contribution in [0.4, 0.5) is 0 Å². The summed E-state index contributed by atoms with van der Waals surface area (Å²) in [5.41, 5.74) is 2.65. The third-order valence-corrected chi connectivity index (χ3v) is 11.2. The lowest BCUT2D eigenvalue weighted by Gasteiger charge is -2.38. The Kier molecular flexibility index (Phi) is 5.06. The van der Waals surface area contributed by atoms with Crippen molar-refractivity contribution in [1.29, 1.82) is 0 Å². The average molecular weight is 444 g/mol. The first-order chi connectivity index (χ1) is 16.4. The van der Waals surface area contributed by atoms with Gasteiger partial charge in [-0.3, -0.25) is 0 Å². The molecule has 2 heteroatoms. The van der Waals surface area contributed by atoms with Crippen LogP contribution in [0.5, 0.6) is 11.5 Å². The quantitative estimate of drug-likeness (QED) is 0.275. The summed E-state index contributed by atoms with van der Waals surface area (Å²) >= 11 is 0. The molecule has 0 bridgehead atoms. The fourth-order valence-electron chi connectivity index (χ4n) is 5.19. The van der Waals surface area contributed by atoms with E-state index in [1.165, 1.54) is 27.0 Å². The molecule has 6 rings (SSSR count). The molecule has 5 aromatic rings. The molecule has 0 fully saturated rings. The first kappa shape index (κ1) is 20.0. The van der Waals surface area contributed by atoms with Crippen LogP contribution in [0.25, 0.3) is 0 Å². The maximum Gasteiger partial charge on any atom is 0.141 e. The van der Waals surface area contributed by atoms with Crippen LogP contribution >= 0.6 is 7.26 Å². The highest BCUT2D eigenvalue weighted by atomic mass is 31.2. The second-order valence-corrected chi connectivity index (χ2v) is 11.8. The lowest BCUT2D eigenvalue weighted by atomic mass is 10.00. The SMILES string of the molecule is c1ccc([P+](c2ccccc2)(c2ccccc2)C2c3ccccc3Oc3ccccc32)cc1. The summed E-state index contributed by atoms with van der Waals surface area (Å²) in [6.07, 6.45) is 0. The molecule has 0 saturated carbocycles. The largest absolute Gasteiger partial charge is 0.456 e. The Labute approximate surface area is 195 Å². The summed E-state index contributed by atoms with van der Waals surface area (Å²) in [6, 6.07) is 50.4. The third kappa shape index (κ3) is 3.20. The van der Waals surface area contributed by atoms with Gasteiger partial charge >= 0.3 is 0 Å². The fraction of sp³-hybridized carbons (Fsp3) is 0.0323. The van der Waals surface area contributed by atoms with Gasteiger partial charge in [-0.2, -0.15) is 0 Å². The summed E-state index contributed by atoms with van der Waals surface area (Å²) < 4.78 is 6.43. The zero-order chi connectivity index (χ0) is 22.1. The van der Waals surface area contributed by atoms with Crippen LogP contribution in [0.15, 0.2) is 140 Å². The van der Waals surface area contributed by atoms with E-state index in [2.05, 4.69) is 140 Å². The third-order valence-electron chi connectivity index (χ3n) is 6.52. The van der Waals surface area contributed by atoms with Crippen molar-refractivity contribution in [2.45, 2.75) is 5.66 Å². The summed E-state index contributed by atoms with van der Waals surface area (Å²) in [5, 5.41) is 4.12. The summed E-state index contributed by atoms with van der Waals surface area (Å²) in [6.45, 7) is 0. The van der Waals surface area contributed by atoms with Crippen molar-refractivity contribution in [3.8, 4) is 11.5 Å². The van der Waals surface area contributed by atoms with E-state index in [0.29, 0.717) is 0 Å². The van der Waals surface area contributed by atoms with Gasteiger partial charge in [-0.15, -0.1) is 0 Å². The normalized spacial score (nSPS) is 13.0. The van der Waals surface area contributed by atoms with E-state index < -0.39 is 7.26 Å². The second kappa shape index (κ2) is 8.35. The molecule has 0 aliphatic carbocycles. The Bertz CT molecular complexity index is 1240. The van der Waals surface area contributed by atoms with Crippen molar-refractivity contribution in [1.82, 2.24) is 0 Å². The summed E-state index contributed by atoms with van der Waals surface area (Å²) in [4.78, 5) is 0. The van der Waals surface area contributed by atoms with E-state index in [9.17, 15) is 0 Å². The second-order valence-electron chi connectivity index (χ2n) is 8.31. The molecule has 33 heavy (non-hydrogen) atoms. The Morgan fingerprint density at radius 1 is 0.394 bits per heavy atom. The first-order valence-electron chi connectivity index (χ1n) is 11.3. The Morgan fingerprint density at radius 2 is 0.727 bits per heavy atom. The predicted octanol–water partition coefficient (Wildman–Crippen LogP) is 6.88. The molecule has 0 amide bonds. The van der Waals surface area contributed by atoms with Crippen LogP contribution < -0.4 is 20.7 Å². The van der Waals surface area contributed by atoms with Crippen molar-refractivity contribution in [2.24, 2.45) is 0 Å². The van der Waals surface area contributed by atoms with Crippen LogP contribution in [0, 0.1) is 0 Å². The minimum atomic E-state index is -2.17. The van der Waals surface area contributed by atoms with Crippen molar-refractivity contribution in [3.63, 3.8) is 0 Å². The molecule has 0 aromatic heterocycles. The number of para-hydroxylation sites is 2. The van der Waals surface area contributed by atoms with Crippen molar-refractivity contribution in [3.05, 3.63) is 151 Å². The molecule has 1 nitrogen and oxygen atoms in total. The molecule has 0 saturated heterocycles. The molecule has 0 atom stereocenters. The van der Waals surface area contributed by atoms with E-state index in [1.807, 2.05) is 0 Å². The molecule has 0 radical (unpaired) electrons. The van der Waals surface area contributed by atoms with E-state index in [4.69, 9.17) is 4.74 Å². The maximum absolute atomic E-state index is 6.43. The van der Waals surface area contributed by atoms with Gasteiger partial charge in [-0.05, 0) is 48.5 Å². The number of benzene rings is 5. The minimum Gasteiger partial charge on any atom is -0.456 e. The molecule has 0 unspecified atom stereocenters. The van der Waals surface area contributed by atoms with Crippen LogP contribution in [0.2, 0.25) is 0 Å². The van der Waals surface area contributed by atoms with Gasteiger partial charge in [-0.1, -0.05) is 91.0 Å². The van der Waals surface area contributed by atoms with Gasteiger partial charge in [-0.25, -0.2) is 0 Å². The summed E-state index contributed by atoms with van der Waals surface area (Å²) in [5.74, 6) is 1.90. The Morgan fingerprint density at radius 3 is 1.12 bits per heavy atom. The smallest absolute Gasteiger partial charge is 0.141 e. The van der Waals surface area contributed by atoms with E-state index in [0.717, 1.165) is 11.5 Å². The number of fused-ring (bicyclic) bond motifs is 2. The molecule has 1 aliphatic heterocycles. The van der Waals surface area contributed by atoms with Crippen LogP contribution in [-0.2, 0) is 0 Å². The maximum atomic E-state index is 6.43. The predicted molar refractivity (Wildman–Crippen MR) is 140 cm³/mol. The van der Waals surface area contributed by atoms with Gasteiger partial charge in [0.1, 0.15) is 40.3 Å². The zero-order valence-electron chi connectivity index (χ0n) is 18.2. The summed E-state index contributed by atoms with van der Waals surface area (Å²) in [7, 11) is -2.17. The zero-order valence-corrected chi connectivity index (χ0v) is 19.1. The monoisotopic (exact) mass is 443 g/mol. The Balaban J connectivity index is 1.79. The van der Waals surface area contributed by atoms with Gasteiger partial charge < -0.3 is 4.74 Å². The standard InChI is InChI=1S/C31H24OP/c1-4-14-24(15-5-1)33(25-16-6-2-7-17-25,26-18-8-3-9-19-26)31-27-20-10-12-22-29(27)32-30-23-13-11-21-28(30)31/h1-23,31H/q+1. The van der Waals surface area contributed by atoms with Gasteiger partial charge in [0.15, 0.2) is 0 Å². The van der Waals surface area contributed by atoms with Crippen LogP contribution in [-0.4, -0.2) is 0 Å². The van der Waals surface area contributed by atoms with Gasteiger partial charge in [0.05, 0.1) is 0 Å². The highest BCUT2D eigenvalue weighted by Crippen LogP contribution is 2.72. The molecular formula is C31H24OP+. The van der Waals surface area contributed by atoms with E-state index >= 15 is 0 Å². The fourth-order valence-corrected chi connectivity index (χ4v) is 10.2. The minimum absolute atomic E-state index is 0.144. The topological polar surface area (TPSA) is 9.23 Å². The lowest BCUT2D eigenvalue weighted by Crippen LogP contribution is -2.36. The average Bonchev–Trinajstić information content (AvgIpc) is 2.90. The Hall–Kier alpha value is -3.67. The van der Waals surface area contributed by atoms with Crippen LogP contribution in [0.1, 0.15) is 16.8 Å². The number of rotatable bonds is 4. The van der Waals surface area contributed by atoms with E-state index in [-0.39, 0.29) is 5.66 Å². The lowest BCUT2D eigenvalue weighted by molar-refractivity contribution is 0.458. The highest BCUT2D eigenvalue weighted by Gasteiger charge is 2.56. The molecule has 5 aromatic carbocycles. The van der Waals surface area contributed by atoms with Crippen molar-refractivity contribution >= 4 is 23.2 Å². The van der Waals surface area contributed by atoms with Crippen molar-refractivity contribution in [2.75, 3.05) is 0 Å². The van der Waals surface area contributed by atoms with Gasteiger partial charge in [0.25, 0.3) is 0 Å². The molecule has 0 spiro atoms. The number of ether oxygens (including phenoxy) is 1. The molecule has 1 aliphatic rings. The first-order valence-corrected chi connectivity index (χ1v) is 13.2. The van der Waals surface area contributed by atoms with Crippen molar-refractivity contribution < 1.29 is 4.74 Å². The number of hydrogen-bond donors (Lipinski definition) is 0. The van der Waals surface area contributed by atoms with Crippen LogP contribution in [0.3, 0.4) is 0 Å². The molecule has 0 N–H and O–H groups in total. The van der Waals surface area contributed by atoms with Gasteiger partial charge in [0, 0.05) is 11.1 Å². The van der Waals surface area contributed by atoms with E-state index in [1.54, 1.807) is 0 Å². The molecular weight excluding hydrogens is 419 g/mol. The van der Waals surface area contributed by atoms with Gasteiger partial charge in [0.2, 0.25) is 0 Å².